The van der Waals surface area contributed by atoms with Crippen molar-refractivity contribution in [3.8, 4) is 23.0 Å². The molecular formula is C33H28N2O5S. The summed E-state index contributed by atoms with van der Waals surface area (Å²) >= 11 is 1.38. The van der Waals surface area contributed by atoms with E-state index in [1.54, 1.807) is 12.0 Å². The molecular weight excluding hydrogens is 536 g/mol. The minimum atomic E-state index is -0.0669. The highest BCUT2D eigenvalue weighted by atomic mass is 32.2. The van der Waals surface area contributed by atoms with Crippen LogP contribution in [-0.2, 0) is 17.8 Å². The van der Waals surface area contributed by atoms with Crippen LogP contribution in [0.5, 0.6) is 23.0 Å². The van der Waals surface area contributed by atoms with Gasteiger partial charge in [0.2, 0.25) is 6.79 Å². The van der Waals surface area contributed by atoms with E-state index in [1.165, 1.54) is 17.3 Å². The van der Waals surface area contributed by atoms with Gasteiger partial charge < -0.3 is 18.9 Å². The summed E-state index contributed by atoms with van der Waals surface area (Å²) in [6.07, 6.45) is 2.61. The summed E-state index contributed by atoms with van der Waals surface area (Å²) in [4.78, 5) is 20.7. The first-order chi connectivity index (χ1) is 20.2. The molecule has 1 amide bonds. The van der Waals surface area contributed by atoms with Crippen molar-refractivity contribution in [2.45, 2.75) is 13.0 Å². The standard InChI is InChI=1S/C33H28N2O5S/c1-37-29-18-24(12-14-27(29)38-21-25-13-15-28-30(19-25)40-22-39-28)20-31-32(36)35(17-16-23-8-4-2-5-9-23)33(41-31)34-26-10-6-3-7-11-26/h2-15,18-20H,16-17,21-22H2,1H3/b31-20+,34-33?. The monoisotopic (exact) mass is 564 g/mol. The number of rotatable bonds is 9. The van der Waals surface area contributed by atoms with Gasteiger partial charge in [0.05, 0.1) is 17.7 Å². The van der Waals surface area contributed by atoms with E-state index in [0.29, 0.717) is 40.5 Å². The number of benzene rings is 4. The predicted octanol–water partition coefficient (Wildman–Crippen LogP) is 6.85. The zero-order valence-electron chi connectivity index (χ0n) is 22.5. The molecule has 8 heteroatoms. The summed E-state index contributed by atoms with van der Waals surface area (Å²) < 4.78 is 22.5. The summed E-state index contributed by atoms with van der Waals surface area (Å²) in [5.74, 6) is 2.57. The zero-order valence-corrected chi connectivity index (χ0v) is 23.3. The molecule has 0 bridgehead atoms. The average molecular weight is 565 g/mol. The highest BCUT2D eigenvalue weighted by Crippen LogP contribution is 2.37. The molecule has 4 aromatic rings. The minimum absolute atomic E-state index is 0.0669. The first-order valence-electron chi connectivity index (χ1n) is 13.2. The molecule has 0 unspecified atom stereocenters. The molecule has 6 rings (SSSR count). The molecule has 0 spiro atoms. The Morgan fingerprint density at radius 3 is 2.46 bits per heavy atom. The third kappa shape index (κ3) is 6.23. The lowest BCUT2D eigenvalue weighted by atomic mass is 10.1. The Morgan fingerprint density at radius 1 is 0.878 bits per heavy atom. The molecule has 0 radical (unpaired) electrons. The molecule has 1 fully saturated rings. The molecule has 2 heterocycles. The molecule has 2 aliphatic rings. The Hall–Kier alpha value is -4.69. The number of thioether (sulfide) groups is 1. The van der Waals surface area contributed by atoms with E-state index < -0.39 is 0 Å². The van der Waals surface area contributed by atoms with Crippen molar-refractivity contribution in [1.82, 2.24) is 4.90 Å². The lowest BCUT2D eigenvalue weighted by Gasteiger charge is -2.15. The second kappa shape index (κ2) is 12.2. The van der Waals surface area contributed by atoms with Gasteiger partial charge in [-0.15, -0.1) is 0 Å². The Kier molecular flexibility index (Phi) is 7.91. The Morgan fingerprint density at radius 2 is 1.66 bits per heavy atom. The highest BCUT2D eigenvalue weighted by Gasteiger charge is 2.33. The fraction of sp³-hybridized carbons (Fsp3) is 0.152. The summed E-state index contributed by atoms with van der Waals surface area (Å²) in [6, 6.07) is 31.2. The van der Waals surface area contributed by atoms with Crippen LogP contribution in [0, 0.1) is 0 Å². The Bertz CT molecular complexity index is 1600. The van der Waals surface area contributed by atoms with Gasteiger partial charge in [-0.25, -0.2) is 4.99 Å². The topological polar surface area (TPSA) is 69.6 Å². The fourth-order valence-electron chi connectivity index (χ4n) is 4.52. The summed E-state index contributed by atoms with van der Waals surface area (Å²) in [5.41, 5.74) is 3.76. The lowest BCUT2D eigenvalue weighted by molar-refractivity contribution is -0.122. The molecule has 0 atom stereocenters. The van der Waals surface area contributed by atoms with Gasteiger partial charge in [0, 0.05) is 6.54 Å². The largest absolute Gasteiger partial charge is 0.493 e. The van der Waals surface area contributed by atoms with Crippen LogP contribution in [0.15, 0.2) is 107 Å². The van der Waals surface area contributed by atoms with Crippen LogP contribution in [0.3, 0.4) is 0 Å². The number of methoxy groups -OCH3 is 1. The van der Waals surface area contributed by atoms with Gasteiger partial charge in [0.15, 0.2) is 28.2 Å². The normalized spacial score (nSPS) is 16.0. The van der Waals surface area contributed by atoms with E-state index in [0.717, 1.165) is 29.0 Å². The summed E-state index contributed by atoms with van der Waals surface area (Å²) in [5, 5.41) is 0.666. The Balaban J connectivity index is 1.21. The van der Waals surface area contributed by atoms with Crippen LogP contribution in [0.25, 0.3) is 6.08 Å². The van der Waals surface area contributed by atoms with Gasteiger partial charge in [-0.1, -0.05) is 60.7 Å². The van der Waals surface area contributed by atoms with Crippen LogP contribution in [0.4, 0.5) is 5.69 Å². The van der Waals surface area contributed by atoms with Gasteiger partial charge in [-0.05, 0) is 77.3 Å². The average Bonchev–Trinajstić information content (AvgIpc) is 3.59. The van der Waals surface area contributed by atoms with E-state index >= 15 is 0 Å². The number of amidine groups is 1. The number of aliphatic imine (C=N–C) groups is 1. The third-order valence-corrected chi connectivity index (χ3v) is 7.66. The van der Waals surface area contributed by atoms with Crippen LogP contribution in [0.2, 0.25) is 0 Å². The van der Waals surface area contributed by atoms with Crippen molar-refractivity contribution >= 4 is 34.6 Å². The second-order valence-electron chi connectivity index (χ2n) is 9.42. The molecule has 0 aliphatic carbocycles. The fourth-order valence-corrected chi connectivity index (χ4v) is 5.55. The predicted molar refractivity (Wildman–Crippen MR) is 161 cm³/mol. The van der Waals surface area contributed by atoms with Crippen LogP contribution in [0.1, 0.15) is 16.7 Å². The SMILES string of the molecule is COc1cc(/C=C2/SC(=Nc3ccccc3)N(CCc3ccccc3)C2=O)ccc1OCc1ccc2c(c1)OCO2. The number of carbonyl (C=O) groups excluding carboxylic acids is 1. The van der Waals surface area contributed by atoms with Gasteiger partial charge in [-0.3, -0.25) is 9.69 Å². The maximum absolute atomic E-state index is 13.6. The number of para-hydroxylation sites is 1. The molecule has 2 aliphatic heterocycles. The molecule has 206 valence electrons. The van der Waals surface area contributed by atoms with Crippen LogP contribution < -0.4 is 18.9 Å². The third-order valence-electron chi connectivity index (χ3n) is 6.65. The first-order valence-corrected chi connectivity index (χ1v) is 14.1. The number of carbonyl (C=O) groups is 1. The van der Waals surface area contributed by atoms with E-state index in [9.17, 15) is 4.79 Å². The number of hydrogen-bond acceptors (Lipinski definition) is 7. The van der Waals surface area contributed by atoms with E-state index in [1.807, 2.05) is 91.0 Å². The van der Waals surface area contributed by atoms with Crippen molar-refractivity contribution in [2.75, 3.05) is 20.4 Å². The quantitative estimate of drug-likeness (QED) is 0.207. The van der Waals surface area contributed by atoms with Crippen LogP contribution >= 0.6 is 11.8 Å². The molecule has 0 saturated carbocycles. The van der Waals surface area contributed by atoms with Gasteiger partial charge >= 0.3 is 0 Å². The molecule has 7 nitrogen and oxygen atoms in total. The van der Waals surface area contributed by atoms with Crippen molar-refractivity contribution < 1.29 is 23.7 Å². The molecule has 41 heavy (non-hydrogen) atoms. The smallest absolute Gasteiger partial charge is 0.266 e. The zero-order chi connectivity index (χ0) is 28.0. The molecule has 0 N–H and O–H groups in total. The molecule has 0 aromatic heterocycles. The Labute approximate surface area is 243 Å². The van der Waals surface area contributed by atoms with Crippen molar-refractivity contribution in [2.24, 2.45) is 4.99 Å². The van der Waals surface area contributed by atoms with E-state index in [4.69, 9.17) is 23.9 Å². The van der Waals surface area contributed by atoms with Gasteiger partial charge in [0.25, 0.3) is 5.91 Å². The molecule has 1 saturated heterocycles. The van der Waals surface area contributed by atoms with E-state index in [2.05, 4.69) is 12.1 Å². The van der Waals surface area contributed by atoms with Crippen molar-refractivity contribution in [1.29, 1.82) is 0 Å². The van der Waals surface area contributed by atoms with Crippen molar-refractivity contribution in [3.05, 3.63) is 119 Å². The number of hydrogen-bond donors (Lipinski definition) is 0. The first kappa shape index (κ1) is 26.5. The van der Waals surface area contributed by atoms with Gasteiger partial charge in [0.1, 0.15) is 6.61 Å². The van der Waals surface area contributed by atoms with E-state index in [-0.39, 0.29) is 12.7 Å². The summed E-state index contributed by atoms with van der Waals surface area (Å²) in [6.45, 7) is 1.11. The highest BCUT2D eigenvalue weighted by molar-refractivity contribution is 8.18. The number of amides is 1. The van der Waals surface area contributed by atoms with Crippen LogP contribution in [-0.4, -0.2) is 36.4 Å². The number of nitrogens with zero attached hydrogens (tertiary/aromatic N) is 2. The number of fused-ring (bicyclic) bond motifs is 1. The summed E-state index contributed by atoms with van der Waals surface area (Å²) in [7, 11) is 1.60. The second-order valence-corrected chi connectivity index (χ2v) is 10.4. The minimum Gasteiger partial charge on any atom is -0.493 e. The maximum atomic E-state index is 13.6. The van der Waals surface area contributed by atoms with Gasteiger partial charge in [-0.2, -0.15) is 0 Å². The lowest BCUT2D eigenvalue weighted by Crippen LogP contribution is -2.31. The van der Waals surface area contributed by atoms with Crippen molar-refractivity contribution in [3.63, 3.8) is 0 Å². The number of ether oxygens (including phenoxy) is 4. The molecule has 4 aromatic carbocycles. The maximum Gasteiger partial charge on any atom is 0.266 e.